The Morgan fingerprint density at radius 3 is 2.17 bits per heavy atom. The van der Waals surface area contributed by atoms with Crippen LogP contribution in [0.5, 0.6) is 0 Å². The number of amides is 4. The SMILES string of the molecule is CC(CC(O)CNC(=O)c1cc(N2CCCC2=O)cc(N2CCCC2=O)c1F)C(=O)NC1CCC1.Cc1ccccc1. The van der Waals surface area contributed by atoms with Crippen molar-refractivity contribution in [1.82, 2.24) is 10.6 Å². The highest BCUT2D eigenvalue weighted by atomic mass is 19.1. The van der Waals surface area contributed by atoms with Gasteiger partial charge in [-0.25, -0.2) is 4.39 Å². The molecule has 0 radical (unpaired) electrons. The lowest BCUT2D eigenvalue weighted by Crippen LogP contribution is -2.43. The predicted molar refractivity (Wildman–Crippen MR) is 159 cm³/mol. The van der Waals surface area contributed by atoms with Crippen LogP contribution in [0.25, 0.3) is 0 Å². The Hall–Kier alpha value is -3.79. The third-order valence-corrected chi connectivity index (χ3v) is 8.00. The van der Waals surface area contributed by atoms with Gasteiger partial charge in [-0.1, -0.05) is 42.8 Å². The van der Waals surface area contributed by atoms with Crippen molar-refractivity contribution in [2.24, 2.45) is 5.92 Å². The molecule has 3 aliphatic rings. The minimum absolute atomic E-state index is 0.0170. The van der Waals surface area contributed by atoms with E-state index in [9.17, 15) is 24.3 Å². The second-order valence-corrected chi connectivity index (χ2v) is 11.4. The highest BCUT2D eigenvalue weighted by Gasteiger charge is 2.31. The number of aliphatic hydroxyl groups excluding tert-OH is 1. The standard InChI is InChI=1S/C25H33FN4O5.C7H8/c1-15(24(34)28-16-5-2-6-16)11-18(31)14-27-25(35)19-12-17(29-9-3-7-21(29)32)13-20(23(19)26)30-10-4-8-22(30)33;1-7-5-3-2-4-6-7/h12-13,15-16,18,31H,2-11,14H2,1H3,(H,27,35)(H,28,34);2-6H,1H3. The Balaban J connectivity index is 0.000000507. The van der Waals surface area contributed by atoms with Crippen molar-refractivity contribution >= 4 is 35.0 Å². The van der Waals surface area contributed by atoms with Crippen LogP contribution in [0.4, 0.5) is 15.8 Å². The largest absolute Gasteiger partial charge is 0.391 e. The third kappa shape index (κ3) is 7.94. The van der Waals surface area contributed by atoms with Crippen LogP contribution in [-0.2, 0) is 14.4 Å². The molecule has 0 aromatic heterocycles. The van der Waals surface area contributed by atoms with Crippen LogP contribution in [0.3, 0.4) is 0 Å². The summed E-state index contributed by atoms with van der Waals surface area (Å²) in [7, 11) is 0. The number of nitrogens with one attached hydrogen (secondary N) is 2. The Labute approximate surface area is 246 Å². The molecule has 0 spiro atoms. The lowest BCUT2D eigenvalue weighted by molar-refractivity contribution is -0.126. The second-order valence-electron chi connectivity index (χ2n) is 11.4. The van der Waals surface area contributed by atoms with Crippen LogP contribution in [-0.4, -0.2) is 60.5 Å². The number of aryl methyl sites for hydroxylation is 1. The van der Waals surface area contributed by atoms with Crippen LogP contribution in [0.15, 0.2) is 42.5 Å². The molecule has 2 atom stereocenters. The number of hydrogen-bond acceptors (Lipinski definition) is 5. The smallest absolute Gasteiger partial charge is 0.254 e. The zero-order valence-corrected chi connectivity index (χ0v) is 24.4. The molecule has 42 heavy (non-hydrogen) atoms. The number of halogens is 1. The first kappa shape index (κ1) is 31.2. The molecule has 2 aromatic rings. The van der Waals surface area contributed by atoms with Gasteiger partial charge in [0.1, 0.15) is 0 Å². The van der Waals surface area contributed by atoms with Crippen LogP contribution >= 0.6 is 0 Å². The summed E-state index contributed by atoms with van der Waals surface area (Å²) in [6.45, 7) is 4.44. The molecule has 2 aliphatic heterocycles. The lowest BCUT2D eigenvalue weighted by atomic mass is 9.92. The van der Waals surface area contributed by atoms with Gasteiger partial charge in [-0.05, 0) is 57.6 Å². The number of carbonyl (C=O) groups excluding carboxylic acids is 4. The van der Waals surface area contributed by atoms with Crippen molar-refractivity contribution in [3.05, 3.63) is 59.4 Å². The van der Waals surface area contributed by atoms with E-state index in [-0.39, 0.29) is 48.0 Å². The Kier molecular flexibility index (Phi) is 10.7. The summed E-state index contributed by atoms with van der Waals surface area (Å²) < 4.78 is 15.4. The van der Waals surface area contributed by atoms with E-state index in [2.05, 4.69) is 29.7 Å². The van der Waals surface area contributed by atoms with E-state index in [4.69, 9.17) is 0 Å². The van der Waals surface area contributed by atoms with Gasteiger partial charge < -0.3 is 25.5 Å². The number of rotatable bonds is 9. The summed E-state index contributed by atoms with van der Waals surface area (Å²) in [4.78, 5) is 52.5. The van der Waals surface area contributed by atoms with E-state index in [1.54, 1.807) is 6.92 Å². The maximum atomic E-state index is 15.4. The molecule has 10 heteroatoms. The number of aliphatic hydroxyl groups is 1. The number of anilines is 2. The quantitative estimate of drug-likeness (QED) is 0.416. The number of benzene rings is 2. The van der Waals surface area contributed by atoms with Crippen LogP contribution in [0.1, 0.15) is 74.2 Å². The fraction of sp³-hybridized carbons (Fsp3) is 0.500. The maximum absolute atomic E-state index is 15.4. The van der Waals surface area contributed by atoms with Crippen LogP contribution in [0.2, 0.25) is 0 Å². The van der Waals surface area contributed by atoms with Crippen molar-refractivity contribution in [2.45, 2.75) is 77.4 Å². The lowest BCUT2D eigenvalue weighted by Gasteiger charge is -2.28. The Morgan fingerprint density at radius 2 is 1.64 bits per heavy atom. The van der Waals surface area contributed by atoms with Crippen molar-refractivity contribution in [2.75, 3.05) is 29.4 Å². The first-order chi connectivity index (χ1) is 20.1. The van der Waals surface area contributed by atoms with Gasteiger partial charge in [0.2, 0.25) is 17.7 Å². The molecular formula is C32H41FN4O5. The number of hydrogen-bond donors (Lipinski definition) is 3. The van der Waals surface area contributed by atoms with E-state index in [0.29, 0.717) is 44.5 Å². The molecule has 1 saturated carbocycles. The molecule has 2 unspecified atom stereocenters. The highest BCUT2D eigenvalue weighted by molar-refractivity contribution is 6.03. The normalized spacial score (nSPS) is 18.2. The highest BCUT2D eigenvalue weighted by Crippen LogP contribution is 2.33. The van der Waals surface area contributed by atoms with Gasteiger partial charge in [-0.15, -0.1) is 0 Å². The molecule has 2 aromatic carbocycles. The molecule has 226 valence electrons. The van der Waals surface area contributed by atoms with Gasteiger partial charge in [-0.2, -0.15) is 0 Å². The van der Waals surface area contributed by atoms with E-state index >= 15 is 4.39 Å². The summed E-state index contributed by atoms with van der Waals surface area (Å²) in [5, 5.41) is 15.8. The number of carbonyl (C=O) groups is 4. The van der Waals surface area contributed by atoms with E-state index < -0.39 is 23.7 Å². The summed E-state index contributed by atoms with van der Waals surface area (Å²) in [6.07, 6.45) is 4.11. The monoisotopic (exact) mass is 580 g/mol. The second kappa shape index (κ2) is 14.4. The molecule has 0 bridgehead atoms. The zero-order chi connectivity index (χ0) is 30.2. The molecule has 2 heterocycles. The molecular weight excluding hydrogens is 539 g/mol. The van der Waals surface area contributed by atoms with Gasteiger partial charge >= 0.3 is 0 Å². The van der Waals surface area contributed by atoms with Gasteiger partial charge in [0.25, 0.3) is 5.91 Å². The van der Waals surface area contributed by atoms with Gasteiger partial charge in [0, 0.05) is 50.1 Å². The van der Waals surface area contributed by atoms with Gasteiger partial charge in [-0.3, -0.25) is 19.2 Å². The molecule has 5 rings (SSSR count). The Morgan fingerprint density at radius 1 is 1.00 bits per heavy atom. The Bertz CT molecular complexity index is 1280. The van der Waals surface area contributed by atoms with Crippen LogP contribution < -0.4 is 20.4 Å². The van der Waals surface area contributed by atoms with Gasteiger partial charge in [0.15, 0.2) is 5.82 Å². The van der Waals surface area contributed by atoms with Crippen molar-refractivity contribution < 1.29 is 28.7 Å². The fourth-order valence-electron chi connectivity index (χ4n) is 5.27. The summed E-state index contributed by atoms with van der Waals surface area (Å²) in [5.41, 5.74) is 1.38. The molecule has 2 saturated heterocycles. The first-order valence-corrected chi connectivity index (χ1v) is 14.9. The molecule has 3 N–H and O–H groups in total. The summed E-state index contributed by atoms with van der Waals surface area (Å²) in [5.74, 6) is -2.51. The zero-order valence-electron chi connectivity index (χ0n) is 24.4. The topological polar surface area (TPSA) is 119 Å². The minimum atomic E-state index is -0.993. The predicted octanol–water partition coefficient (Wildman–Crippen LogP) is 3.86. The van der Waals surface area contributed by atoms with Crippen LogP contribution in [0, 0.1) is 18.7 Å². The van der Waals surface area contributed by atoms with Gasteiger partial charge in [0.05, 0.1) is 17.4 Å². The molecule has 9 nitrogen and oxygen atoms in total. The van der Waals surface area contributed by atoms with Crippen molar-refractivity contribution in [3.63, 3.8) is 0 Å². The molecule has 3 fully saturated rings. The summed E-state index contributed by atoms with van der Waals surface area (Å²) in [6, 6.07) is 13.2. The molecule has 4 amide bonds. The van der Waals surface area contributed by atoms with Crippen molar-refractivity contribution in [1.29, 1.82) is 0 Å². The van der Waals surface area contributed by atoms with E-state index in [1.165, 1.54) is 27.5 Å². The van der Waals surface area contributed by atoms with Crippen molar-refractivity contribution in [3.8, 4) is 0 Å². The van der Waals surface area contributed by atoms with E-state index in [0.717, 1.165) is 19.3 Å². The average molecular weight is 581 g/mol. The molecule has 1 aliphatic carbocycles. The number of nitrogens with zero attached hydrogens (tertiary/aromatic N) is 2. The average Bonchev–Trinajstić information content (AvgIpc) is 3.58. The first-order valence-electron chi connectivity index (χ1n) is 14.9. The summed E-state index contributed by atoms with van der Waals surface area (Å²) >= 11 is 0. The maximum Gasteiger partial charge on any atom is 0.254 e. The fourth-order valence-corrected chi connectivity index (χ4v) is 5.27. The van der Waals surface area contributed by atoms with E-state index in [1.807, 2.05) is 18.2 Å². The minimum Gasteiger partial charge on any atom is -0.391 e. The third-order valence-electron chi connectivity index (χ3n) is 8.00.